The second-order valence-corrected chi connectivity index (χ2v) is 11.3. The van der Waals surface area contributed by atoms with Gasteiger partial charge in [0.1, 0.15) is 18.2 Å². The highest BCUT2D eigenvalue weighted by Gasteiger charge is 2.26. The van der Waals surface area contributed by atoms with Crippen LogP contribution < -0.4 is 17.2 Å². The van der Waals surface area contributed by atoms with E-state index in [0.29, 0.717) is 17.7 Å². The van der Waals surface area contributed by atoms with Crippen molar-refractivity contribution in [3.63, 3.8) is 0 Å². The van der Waals surface area contributed by atoms with Crippen molar-refractivity contribution in [1.29, 1.82) is 0 Å². The maximum Gasteiger partial charge on any atom is 0.356 e. The zero-order valence-electron chi connectivity index (χ0n) is 19.0. The van der Waals surface area contributed by atoms with Crippen LogP contribution in [0.15, 0.2) is 12.7 Å². The number of nitrogens with zero attached hydrogens (tertiary/aromatic N) is 4. The summed E-state index contributed by atoms with van der Waals surface area (Å²) in [6, 6.07) is -1.20. The quantitative estimate of drug-likeness (QED) is 0.214. The molecule has 0 aliphatic heterocycles. The Morgan fingerprint density at radius 1 is 1.03 bits per heavy atom. The molecule has 2 aromatic rings. The lowest BCUT2D eigenvalue weighted by Crippen LogP contribution is -2.24. The number of carbonyl (C=O) groups excluding carboxylic acids is 2. The lowest BCUT2D eigenvalue weighted by Gasteiger charge is -2.19. The molecule has 0 amide bonds. The second-order valence-electron chi connectivity index (χ2n) is 7.10. The van der Waals surface area contributed by atoms with Crippen molar-refractivity contribution >= 4 is 58.3 Å². The number of nitrogen functional groups attached to an aromatic ring is 1. The molecule has 16 heteroatoms. The summed E-state index contributed by atoms with van der Waals surface area (Å²) in [5, 5.41) is -0.392. The number of fused-ring (bicyclic) bond motifs is 1. The summed E-state index contributed by atoms with van der Waals surface area (Å²) in [6.45, 7) is 3.70. The van der Waals surface area contributed by atoms with Crippen LogP contribution in [0.3, 0.4) is 0 Å². The van der Waals surface area contributed by atoms with Gasteiger partial charge in [-0.05, 0) is 13.8 Å². The van der Waals surface area contributed by atoms with E-state index in [9.17, 15) is 14.2 Å². The van der Waals surface area contributed by atoms with Gasteiger partial charge in [0.05, 0.1) is 38.2 Å². The van der Waals surface area contributed by atoms with Gasteiger partial charge in [0.2, 0.25) is 10.2 Å². The highest BCUT2D eigenvalue weighted by Crippen LogP contribution is 2.48. The van der Waals surface area contributed by atoms with Crippen LogP contribution in [-0.2, 0) is 34.5 Å². The van der Waals surface area contributed by atoms with E-state index in [1.807, 2.05) is 0 Å². The van der Waals surface area contributed by atoms with E-state index in [1.165, 1.54) is 6.33 Å². The standard InChI is InChI=1S/C18H30N7O6PS2/c1-12(19)17(26)33-7-5-30-32(28,31-6-8-34-18(27)13(2)20)11-29-4-3-25-10-24-14-15(21)22-9-23-16(14)25/h9-10,12-13H,3-8,11,19-20H2,1-2H3,(H2,21,22,23)/t12-,13-/m0/s1. The Morgan fingerprint density at radius 3 is 2.18 bits per heavy atom. The van der Waals surface area contributed by atoms with Gasteiger partial charge in [-0.25, -0.2) is 15.0 Å². The summed E-state index contributed by atoms with van der Waals surface area (Å²) in [6.07, 6.45) is 2.59. The van der Waals surface area contributed by atoms with E-state index < -0.39 is 19.7 Å². The van der Waals surface area contributed by atoms with E-state index in [2.05, 4.69) is 15.0 Å². The van der Waals surface area contributed by atoms with Crippen LogP contribution in [0.5, 0.6) is 0 Å². The smallest absolute Gasteiger partial charge is 0.356 e. The van der Waals surface area contributed by atoms with Crippen LogP contribution in [0.25, 0.3) is 11.2 Å². The van der Waals surface area contributed by atoms with Crippen LogP contribution in [0, 0.1) is 0 Å². The van der Waals surface area contributed by atoms with E-state index in [-0.39, 0.29) is 53.7 Å². The highest BCUT2D eigenvalue weighted by molar-refractivity contribution is 8.14. The molecule has 0 fully saturated rings. The first kappa shape index (κ1) is 28.7. The molecule has 2 heterocycles. The zero-order valence-corrected chi connectivity index (χ0v) is 21.5. The lowest BCUT2D eigenvalue weighted by molar-refractivity contribution is -0.112. The molecule has 0 aromatic carbocycles. The largest absolute Gasteiger partial charge is 0.382 e. The number of rotatable bonds is 15. The molecule has 6 N–H and O–H groups in total. The fourth-order valence-electron chi connectivity index (χ4n) is 2.41. The number of hydrogen-bond acceptors (Lipinski definition) is 14. The first-order valence-corrected chi connectivity index (χ1v) is 14.0. The van der Waals surface area contributed by atoms with Crippen LogP contribution in [-0.4, -0.2) is 79.5 Å². The van der Waals surface area contributed by atoms with Gasteiger partial charge >= 0.3 is 7.60 Å². The van der Waals surface area contributed by atoms with Crippen LogP contribution >= 0.6 is 31.1 Å². The third-order valence-corrected chi connectivity index (χ3v) is 7.84. The molecule has 2 atom stereocenters. The Kier molecular flexibility index (Phi) is 11.9. The number of carbonyl (C=O) groups is 2. The topological polar surface area (TPSA) is 201 Å². The second kappa shape index (κ2) is 14.1. The predicted molar refractivity (Wildman–Crippen MR) is 132 cm³/mol. The number of hydrogen-bond donors (Lipinski definition) is 3. The van der Waals surface area contributed by atoms with Crippen molar-refractivity contribution < 1.29 is 27.9 Å². The number of aromatic nitrogens is 4. The summed E-state index contributed by atoms with van der Waals surface area (Å²) >= 11 is 1.98. The van der Waals surface area contributed by atoms with Gasteiger partial charge in [-0.2, -0.15) is 0 Å². The molecule has 2 rings (SSSR count). The minimum atomic E-state index is -3.65. The molecule has 0 saturated carbocycles. The Hall–Kier alpha value is -1.58. The molecule has 0 unspecified atom stereocenters. The maximum atomic E-state index is 13.1. The van der Waals surface area contributed by atoms with Gasteiger partial charge in [-0.1, -0.05) is 23.5 Å². The maximum absolute atomic E-state index is 13.1. The van der Waals surface area contributed by atoms with Crippen LogP contribution in [0.2, 0.25) is 0 Å². The van der Waals surface area contributed by atoms with E-state index in [0.717, 1.165) is 23.5 Å². The first-order valence-electron chi connectivity index (χ1n) is 10.3. The molecular formula is C18H30N7O6PS2. The fourth-order valence-corrected chi connectivity index (χ4v) is 5.24. The van der Waals surface area contributed by atoms with Gasteiger partial charge in [0.25, 0.3) is 0 Å². The molecule has 13 nitrogen and oxygen atoms in total. The Labute approximate surface area is 205 Å². The third-order valence-electron chi connectivity index (χ3n) is 4.13. The van der Waals surface area contributed by atoms with Gasteiger partial charge in [-0.3, -0.25) is 14.2 Å². The minimum Gasteiger partial charge on any atom is -0.382 e. The predicted octanol–water partition coefficient (Wildman–Crippen LogP) is 0.823. The van der Waals surface area contributed by atoms with Crippen molar-refractivity contribution in [2.24, 2.45) is 11.5 Å². The summed E-state index contributed by atoms with van der Waals surface area (Å²) in [5.74, 6) is 0.790. The SMILES string of the molecule is C[C@H](N)C(=O)SCCOP(=O)(COCCn1cnc2c(N)ncnc21)OCCSC(=O)[C@H](C)N. The monoisotopic (exact) mass is 535 g/mol. The number of anilines is 1. The summed E-state index contributed by atoms with van der Waals surface area (Å²) in [4.78, 5) is 35.5. The van der Waals surface area contributed by atoms with Gasteiger partial charge in [-0.15, -0.1) is 0 Å². The van der Waals surface area contributed by atoms with Crippen molar-refractivity contribution in [1.82, 2.24) is 19.5 Å². The average molecular weight is 536 g/mol. The fraction of sp³-hybridized carbons (Fsp3) is 0.611. The number of imidazole rings is 1. The molecule has 34 heavy (non-hydrogen) atoms. The van der Waals surface area contributed by atoms with E-state index >= 15 is 0 Å². The van der Waals surface area contributed by atoms with Crippen molar-refractivity contribution in [2.75, 3.05) is 43.4 Å². The Bertz CT molecular complexity index is 974. The lowest BCUT2D eigenvalue weighted by atomic mass is 10.4. The highest BCUT2D eigenvalue weighted by atomic mass is 32.2. The van der Waals surface area contributed by atoms with Crippen molar-refractivity contribution in [2.45, 2.75) is 32.5 Å². The van der Waals surface area contributed by atoms with Crippen LogP contribution in [0.4, 0.5) is 5.82 Å². The van der Waals surface area contributed by atoms with Gasteiger partial charge in [0.15, 0.2) is 11.5 Å². The molecule has 0 bridgehead atoms. The van der Waals surface area contributed by atoms with Gasteiger partial charge < -0.3 is 35.6 Å². The number of ether oxygens (including phenoxy) is 1. The Balaban J connectivity index is 1.86. The minimum absolute atomic E-state index is 0.00196. The molecular weight excluding hydrogens is 505 g/mol. The average Bonchev–Trinajstić information content (AvgIpc) is 3.21. The summed E-state index contributed by atoms with van der Waals surface area (Å²) < 4.78 is 31.3. The van der Waals surface area contributed by atoms with Gasteiger partial charge in [0, 0.05) is 18.1 Å². The molecule has 0 aliphatic rings. The molecule has 190 valence electrons. The van der Waals surface area contributed by atoms with Crippen molar-refractivity contribution in [3.05, 3.63) is 12.7 Å². The summed E-state index contributed by atoms with van der Waals surface area (Å²) in [7, 11) is -3.65. The number of thioether (sulfide) groups is 2. The zero-order chi connectivity index (χ0) is 25.1. The molecule has 0 radical (unpaired) electrons. The Morgan fingerprint density at radius 2 is 1.62 bits per heavy atom. The number of nitrogens with two attached hydrogens (primary N) is 3. The molecule has 0 spiro atoms. The van der Waals surface area contributed by atoms with Crippen molar-refractivity contribution in [3.8, 4) is 0 Å². The normalized spacial score (nSPS) is 13.8. The summed E-state index contributed by atoms with van der Waals surface area (Å²) in [5.41, 5.74) is 17.9. The third kappa shape index (κ3) is 9.23. The molecule has 2 aromatic heterocycles. The van der Waals surface area contributed by atoms with E-state index in [4.69, 9.17) is 31.0 Å². The first-order chi connectivity index (χ1) is 16.1. The molecule has 0 saturated heterocycles. The molecule has 0 aliphatic carbocycles. The van der Waals surface area contributed by atoms with Crippen LogP contribution in [0.1, 0.15) is 13.8 Å². The van der Waals surface area contributed by atoms with E-state index in [1.54, 1.807) is 24.7 Å².